The largest absolute Gasteiger partial charge is 0.385 e. The normalized spacial score (nSPS) is 15.9. The molecule has 2 atom stereocenters. The summed E-state index contributed by atoms with van der Waals surface area (Å²) in [6.45, 7) is 4.57. The molecule has 4 nitrogen and oxygen atoms in total. The number of hydrogen-bond donors (Lipinski definition) is 1. The molecule has 0 saturated heterocycles. The van der Waals surface area contributed by atoms with E-state index in [2.05, 4.69) is 19.1 Å². The minimum atomic E-state index is -3.54. The summed E-state index contributed by atoms with van der Waals surface area (Å²) in [5.74, 6) is -0.348. The van der Waals surface area contributed by atoms with E-state index < -0.39 is 7.60 Å². The van der Waals surface area contributed by atoms with Crippen molar-refractivity contribution >= 4 is 7.60 Å². The highest BCUT2D eigenvalue weighted by Crippen LogP contribution is 2.51. The fourth-order valence-corrected chi connectivity index (χ4v) is 5.40. The zero-order chi connectivity index (χ0) is 20.6. The summed E-state index contributed by atoms with van der Waals surface area (Å²) in [5.41, 5.74) is 0. The molecule has 5 heteroatoms. The van der Waals surface area contributed by atoms with E-state index in [0.717, 1.165) is 12.8 Å². The number of allylic oxidation sites excluding steroid dienone is 2. The maximum atomic E-state index is 12.4. The Kier molecular flexibility index (Phi) is 15.6. The van der Waals surface area contributed by atoms with E-state index in [4.69, 9.17) is 4.52 Å². The van der Waals surface area contributed by atoms with Crippen LogP contribution < -0.4 is 0 Å². The molecule has 27 heavy (non-hydrogen) atoms. The Morgan fingerprint density at radius 1 is 0.852 bits per heavy atom. The van der Waals surface area contributed by atoms with Crippen molar-refractivity contribution < 1.29 is 18.5 Å². The standard InChI is InChI=1S/C22H46NO3P/c1-6-8-9-10-11-12-13-14-15-16-17-18-19-20-21-26-27(24,25)22(7-2)23(3,4)5/h9-10,22H,6-8,11-21H2,1-5H3/p+1. The molecule has 0 rings (SSSR count). The molecule has 0 heterocycles. The SMILES string of the molecule is CCCC=CCCCCCCCCCCCOP(=O)(O)C(CC)[N+](C)(C)C. The zero-order valence-corrected chi connectivity index (χ0v) is 19.7. The van der Waals surface area contributed by atoms with Crippen LogP contribution in [0.3, 0.4) is 0 Å². The summed E-state index contributed by atoms with van der Waals surface area (Å²) in [7, 11) is 2.30. The van der Waals surface area contributed by atoms with Crippen LogP contribution in [0.1, 0.15) is 97.3 Å². The lowest BCUT2D eigenvalue weighted by molar-refractivity contribution is -0.883. The molecule has 0 aliphatic carbocycles. The van der Waals surface area contributed by atoms with Gasteiger partial charge in [-0.3, -0.25) is 4.57 Å². The van der Waals surface area contributed by atoms with Crippen LogP contribution in [-0.2, 0) is 9.09 Å². The lowest BCUT2D eigenvalue weighted by atomic mass is 10.1. The van der Waals surface area contributed by atoms with Gasteiger partial charge in [-0.2, -0.15) is 0 Å². The van der Waals surface area contributed by atoms with Crippen molar-refractivity contribution in [3.05, 3.63) is 12.2 Å². The van der Waals surface area contributed by atoms with Crippen molar-refractivity contribution in [3.63, 3.8) is 0 Å². The minimum Gasteiger partial charge on any atom is -0.320 e. The van der Waals surface area contributed by atoms with Crippen LogP contribution in [0.2, 0.25) is 0 Å². The third-order valence-electron chi connectivity index (χ3n) is 5.05. The molecule has 0 aromatic carbocycles. The van der Waals surface area contributed by atoms with Crippen molar-refractivity contribution in [1.29, 1.82) is 0 Å². The first-order chi connectivity index (χ1) is 12.8. The third kappa shape index (κ3) is 14.5. The predicted octanol–water partition coefficient (Wildman–Crippen LogP) is 6.89. The smallest absolute Gasteiger partial charge is 0.320 e. The molecular formula is C22H47NO3P+. The van der Waals surface area contributed by atoms with Gasteiger partial charge in [-0.15, -0.1) is 0 Å². The maximum absolute atomic E-state index is 12.4. The van der Waals surface area contributed by atoms with Crippen LogP contribution >= 0.6 is 7.60 Å². The molecule has 0 aliphatic heterocycles. The average molecular weight is 405 g/mol. The van der Waals surface area contributed by atoms with E-state index >= 15 is 0 Å². The Hall–Kier alpha value is -0.150. The maximum Gasteiger partial charge on any atom is 0.385 e. The molecule has 0 saturated carbocycles. The van der Waals surface area contributed by atoms with Gasteiger partial charge >= 0.3 is 7.60 Å². The predicted molar refractivity (Wildman–Crippen MR) is 118 cm³/mol. The second-order valence-corrected chi connectivity index (χ2v) is 10.6. The van der Waals surface area contributed by atoms with Gasteiger partial charge in [-0.05, 0) is 25.7 Å². The minimum absolute atomic E-state index is 0.348. The molecule has 0 aromatic heterocycles. The van der Waals surface area contributed by atoms with Crippen LogP contribution in [-0.4, -0.2) is 42.9 Å². The number of rotatable bonds is 18. The van der Waals surface area contributed by atoms with Gasteiger partial charge in [-0.1, -0.05) is 77.4 Å². The summed E-state index contributed by atoms with van der Waals surface area (Å²) in [4.78, 5) is 10.2. The topological polar surface area (TPSA) is 46.5 Å². The number of hydrogen-bond acceptors (Lipinski definition) is 2. The van der Waals surface area contributed by atoms with E-state index in [-0.39, 0.29) is 5.78 Å². The van der Waals surface area contributed by atoms with E-state index in [9.17, 15) is 9.46 Å². The Balaban J connectivity index is 3.56. The molecule has 0 fully saturated rings. The molecule has 0 radical (unpaired) electrons. The molecule has 0 bridgehead atoms. The first kappa shape index (κ1) is 26.9. The summed E-state index contributed by atoms with van der Waals surface area (Å²) in [6, 6.07) is 0. The van der Waals surface area contributed by atoms with Crippen molar-refractivity contribution in [2.45, 2.75) is 103 Å². The summed E-state index contributed by atoms with van der Waals surface area (Å²) >= 11 is 0. The first-order valence-electron chi connectivity index (χ1n) is 11.2. The first-order valence-corrected chi connectivity index (χ1v) is 12.8. The van der Waals surface area contributed by atoms with Crippen molar-refractivity contribution in [2.75, 3.05) is 27.7 Å². The highest BCUT2D eigenvalue weighted by Gasteiger charge is 2.41. The molecule has 0 aromatic rings. The Labute approximate surface area is 169 Å². The lowest BCUT2D eigenvalue weighted by Crippen LogP contribution is -2.44. The molecule has 0 aliphatic rings. The van der Waals surface area contributed by atoms with Gasteiger partial charge in [0, 0.05) is 6.42 Å². The summed E-state index contributed by atoms with van der Waals surface area (Å²) < 4.78 is 18.3. The van der Waals surface area contributed by atoms with E-state index in [1.54, 1.807) is 0 Å². The van der Waals surface area contributed by atoms with E-state index in [0.29, 0.717) is 17.5 Å². The number of unbranched alkanes of at least 4 members (excludes halogenated alkanes) is 10. The van der Waals surface area contributed by atoms with Crippen LogP contribution in [0.5, 0.6) is 0 Å². The Morgan fingerprint density at radius 2 is 1.33 bits per heavy atom. The Bertz CT molecular complexity index is 418. The van der Waals surface area contributed by atoms with Crippen molar-refractivity contribution in [1.82, 2.24) is 0 Å². The molecule has 0 spiro atoms. The van der Waals surface area contributed by atoms with Gasteiger partial charge in [0.25, 0.3) is 0 Å². The second kappa shape index (κ2) is 15.7. The fraction of sp³-hybridized carbons (Fsp3) is 0.909. The van der Waals surface area contributed by atoms with Gasteiger partial charge in [0.05, 0.1) is 27.7 Å². The number of nitrogens with zero attached hydrogens (tertiary/aromatic N) is 1. The summed E-state index contributed by atoms with van der Waals surface area (Å²) in [6.07, 6.45) is 20.1. The lowest BCUT2D eigenvalue weighted by Gasteiger charge is -2.35. The third-order valence-corrected chi connectivity index (χ3v) is 7.41. The Morgan fingerprint density at radius 3 is 1.81 bits per heavy atom. The van der Waals surface area contributed by atoms with Gasteiger partial charge in [0.2, 0.25) is 0 Å². The highest BCUT2D eigenvalue weighted by molar-refractivity contribution is 7.53. The van der Waals surface area contributed by atoms with E-state index in [1.165, 1.54) is 64.2 Å². The monoisotopic (exact) mass is 404 g/mol. The molecule has 2 unspecified atom stereocenters. The van der Waals surface area contributed by atoms with Crippen LogP contribution in [0, 0.1) is 0 Å². The van der Waals surface area contributed by atoms with Crippen LogP contribution in [0.15, 0.2) is 12.2 Å². The average Bonchev–Trinajstić information content (AvgIpc) is 2.57. The van der Waals surface area contributed by atoms with Crippen LogP contribution in [0.25, 0.3) is 0 Å². The van der Waals surface area contributed by atoms with E-state index in [1.807, 2.05) is 28.1 Å². The van der Waals surface area contributed by atoms with Gasteiger partial charge in [0.1, 0.15) is 0 Å². The molecular weight excluding hydrogens is 357 g/mol. The quantitative estimate of drug-likeness (QED) is 0.117. The summed E-state index contributed by atoms with van der Waals surface area (Å²) in [5, 5.41) is 0. The number of quaternary nitrogens is 1. The van der Waals surface area contributed by atoms with Crippen LogP contribution in [0.4, 0.5) is 0 Å². The molecule has 1 N–H and O–H groups in total. The molecule has 162 valence electrons. The van der Waals surface area contributed by atoms with Crippen molar-refractivity contribution in [2.24, 2.45) is 0 Å². The fourth-order valence-electron chi connectivity index (χ4n) is 3.50. The van der Waals surface area contributed by atoms with Gasteiger partial charge in [0.15, 0.2) is 5.78 Å². The molecule has 0 amide bonds. The van der Waals surface area contributed by atoms with Gasteiger partial charge < -0.3 is 13.9 Å². The highest BCUT2D eigenvalue weighted by atomic mass is 31.2. The second-order valence-electron chi connectivity index (χ2n) is 8.63. The van der Waals surface area contributed by atoms with Gasteiger partial charge in [-0.25, -0.2) is 0 Å². The van der Waals surface area contributed by atoms with Crippen molar-refractivity contribution in [3.8, 4) is 0 Å². The zero-order valence-electron chi connectivity index (χ0n) is 18.8.